The van der Waals surface area contributed by atoms with Gasteiger partial charge in [0.1, 0.15) is 5.75 Å². The molecule has 2 heterocycles. The Morgan fingerprint density at radius 3 is 2.27 bits per heavy atom. The number of carbonyl (C=O) groups is 1. The molecule has 1 aromatic heterocycles. The van der Waals surface area contributed by atoms with E-state index in [0.717, 1.165) is 53.8 Å². The van der Waals surface area contributed by atoms with Crippen molar-refractivity contribution < 1.29 is 23.5 Å². The Hall–Kier alpha value is -4.04. The summed E-state index contributed by atoms with van der Waals surface area (Å²) < 4.78 is 23.2. The minimum absolute atomic E-state index is 0.0380. The third-order valence-electron chi connectivity index (χ3n) is 9.65. The van der Waals surface area contributed by atoms with E-state index in [0.29, 0.717) is 47.0 Å². The molecule has 6 rings (SSSR count). The Morgan fingerprint density at radius 1 is 0.889 bits per heavy atom. The molecule has 0 spiro atoms. The smallest absolute Gasteiger partial charge is 0.232 e. The Bertz CT molecular complexity index is 1660. The molecule has 236 valence electrons. The minimum Gasteiger partial charge on any atom is -0.496 e. The molecule has 1 saturated carbocycles. The number of amides is 1. The molecular weight excluding hydrogens is 590 g/mol. The largest absolute Gasteiger partial charge is 0.496 e. The number of ether oxygens (including phenoxy) is 3. The SMILES string of the molecule is COc1ccc(C2C(c3nc(C4(c5cc(Cl)ccc5OC)CCC(C)CC4)no3)CCC(=O)N2c2ccc(C)cc2)cc1OC. The number of aryl methyl sites for hydroxylation is 1. The lowest BCUT2D eigenvalue weighted by Gasteiger charge is -2.40. The van der Waals surface area contributed by atoms with Crippen molar-refractivity contribution in [2.45, 2.75) is 69.7 Å². The number of nitrogens with zero attached hydrogens (tertiary/aromatic N) is 3. The third-order valence-corrected chi connectivity index (χ3v) is 9.89. The van der Waals surface area contributed by atoms with E-state index in [1.165, 1.54) is 0 Å². The molecule has 2 atom stereocenters. The highest BCUT2D eigenvalue weighted by atomic mass is 35.5. The maximum absolute atomic E-state index is 13.7. The quantitative estimate of drug-likeness (QED) is 0.194. The molecule has 2 fully saturated rings. The van der Waals surface area contributed by atoms with E-state index in [1.54, 1.807) is 21.3 Å². The standard InChI is InChI=1S/C36H40ClN3O5/c1-22-6-10-26(11-7-22)40-32(41)15-12-27(33(40)24-8-13-30(43-4)31(20-24)44-5)34-38-35(39-45-34)36(18-16-23(2)17-19-36)28-21-25(37)9-14-29(28)42-3/h6-11,13-14,20-21,23,27,33H,12,15-19H2,1-5H3. The molecule has 1 amide bonds. The topological polar surface area (TPSA) is 86.9 Å². The summed E-state index contributed by atoms with van der Waals surface area (Å²) in [5.41, 5.74) is 3.30. The van der Waals surface area contributed by atoms with Gasteiger partial charge in [-0.1, -0.05) is 47.4 Å². The highest BCUT2D eigenvalue weighted by Crippen LogP contribution is 2.51. The molecule has 1 aliphatic heterocycles. The van der Waals surface area contributed by atoms with Crippen LogP contribution < -0.4 is 19.1 Å². The van der Waals surface area contributed by atoms with Crippen LogP contribution in [0.15, 0.2) is 65.2 Å². The van der Waals surface area contributed by atoms with Crippen molar-refractivity contribution >= 4 is 23.2 Å². The van der Waals surface area contributed by atoms with Crippen LogP contribution >= 0.6 is 11.6 Å². The number of rotatable bonds is 8. The van der Waals surface area contributed by atoms with Crippen molar-refractivity contribution in [1.29, 1.82) is 0 Å². The van der Waals surface area contributed by atoms with Crippen LogP contribution in [0.2, 0.25) is 5.02 Å². The van der Waals surface area contributed by atoms with Gasteiger partial charge in [0.05, 0.1) is 38.7 Å². The first-order chi connectivity index (χ1) is 21.8. The fourth-order valence-corrected chi connectivity index (χ4v) is 7.25. The lowest BCUT2D eigenvalue weighted by atomic mass is 9.66. The van der Waals surface area contributed by atoms with Crippen LogP contribution in [0, 0.1) is 12.8 Å². The van der Waals surface area contributed by atoms with Gasteiger partial charge in [0.15, 0.2) is 17.3 Å². The minimum atomic E-state index is -0.509. The van der Waals surface area contributed by atoms with Gasteiger partial charge in [-0.05, 0) is 93.0 Å². The summed E-state index contributed by atoms with van der Waals surface area (Å²) in [5.74, 6) is 3.48. The number of hydrogen-bond acceptors (Lipinski definition) is 7. The Balaban J connectivity index is 1.48. The first-order valence-electron chi connectivity index (χ1n) is 15.6. The van der Waals surface area contributed by atoms with Gasteiger partial charge in [-0.2, -0.15) is 4.98 Å². The second kappa shape index (κ2) is 12.8. The van der Waals surface area contributed by atoms with Crippen LogP contribution in [0.5, 0.6) is 17.2 Å². The first kappa shape index (κ1) is 31.0. The second-order valence-corrected chi connectivity index (χ2v) is 12.8. The molecule has 1 aliphatic carbocycles. The summed E-state index contributed by atoms with van der Waals surface area (Å²) in [6.45, 7) is 4.32. The van der Waals surface area contributed by atoms with Crippen molar-refractivity contribution in [3.63, 3.8) is 0 Å². The lowest BCUT2D eigenvalue weighted by molar-refractivity contribution is -0.120. The summed E-state index contributed by atoms with van der Waals surface area (Å²) >= 11 is 6.55. The summed E-state index contributed by atoms with van der Waals surface area (Å²) in [7, 11) is 4.90. The fourth-order valence-electron chi connectivity index (χ4n) is 7.08. The molecule has 9 heteroatoms. The van der Waals surface area contributed by atoms with Gasteiger partial charge in [-0.15, -0.1) is 0 Å². The normalized spacial score (nSPS) is 23.6. The van der Waals surface area contributed by atoms with Crippen molar-refractivity contribution in [2.24, 2.45) is 5.92 Å². The molecule has 2 aliphatic rings. The van der Waals surface area contributed by atoms with Crippen LogP contribution in [0.1, 0.15) is 85.8 Å². The number of piperidine rings is 1. The molecule has 1 saturated heterocycles. The van der Waals surface area contributed by atoms with Crippen molar-refractivity contribution in [1.82, 2.24) is 10.1 Å². The summed E-state index contributed by atoms with van der Waals surface area (Å²) in [6, 6.07) is 19.2. The predicted octanol–water partition coefficient (Wildman–Crippen LogP) is 8.21. The summed E-state index contributed by atoms with van der Waals surface area (Å²) in [4.78, 5) is 20.8. The van der Waals surface area contributed by atoms with Gasteiger partial charge in [-0.25, -0.2) is 0 Å². The molecule has 0 N–H and O–H groups in total. The number of carbonyl (C=O) groups excluding carboxylic acids is 1. The maximum Gasteiger partial charge on any atom is 0.232 e. The molecule has 3 aromatic carbocycles. The number of anilines is 1. The maximum atomic E-state index is 13.7. The zero-order valence-corrected chi connectivity index (χ0v) is 27.3. The van der Waals surface area contributed by atoms with Crippen LogP contribution in [-0.4, -0.2) is 37.4 Å². The van der Waals surface area contributed by atoms with E-state index >= 15 is 0 Å². The highest BCUT2D eigenvalue weighted by Gasteiger charge is 2.46. The van der Waals surface area contributed by atoms with Gasteiger partial charge in [0.2, 0.25) is 11.8 Å². The Morgan fingerprint density at radius 2 is 1.58 bits per heavy atom. The van der Waals surface area contributed by atoms with Crippen molar-refractivity contribution in [2.75, 3.05) is 26.2 Å². The molecule has 0 bridgehead atoms. The van der Waals surface area contributed by atoms with E-state index in [9.17, 15) is 4.79 Å². The number of methoxy groups -OCH3 is 3. The third kappa shape index (κ3) is 5.76. The fraction of sp³-hybridized carbons (Fsp3) is 0.417. The van der Waals surface area contributed by atoms with Gasteiger partial charge in [0, 0.05) is 22.7 Å². The van der Waals surface area contributed by atoms with E-state index in [2.05, 4.69) is 12.1 Å². The average Bonchev–Trinajstić information content (AvgIpc) is 3.56. The second-order valence-electron chi connectivity index (χ2n) is 12.4. The van der Waals surface area contributed by atoms with Crippen LogP contribution in [0.4, 0.5) is 5.69 Å². The van der Waals surface area contributed by atoms with Crippen LogP contribution in [0.25, 0.3) is 0 Å². The molecule has 4 aromatic rings. The van der Waals surface area contributed by atoms with Crippen molar-refractivity contribution in [3.8, 4) is 17.2 Å². The van der Waals surface area contributed by atoms with E-state index in [4.69, 9.17) is 35.3 Å². The monoisotopic (exact) mass is 629 g/mol. The van der Waals surface area contributed by atoms with Crippen LogP contribution in [-0.2, 0) is 10.2 Å². The molecular formula is C36H40ClN3O5. The number of halogens is 1. The molecule has 0 radical (unpaired) electrons. The molecule has 8 nitrogen and oxygen atoms in total. The Kier molecular flexibility index (Phi) is 8.78. The predicted molar refractivity (Wildman–Crippen MR) is 174 cm³/mol. The van der Waals surface area contributed by atoms with E-state index in [-0.39, 0.29) is 11.8 Å². The summed E-state index contributed by atoms with van der Waals surface area (Å²) in [5, 5.41) is 5.32. The van der Waals surface area contributed by atoms with Crippen LogP contribution in [0.3, 0.4) is 0 Å². The summed E-state index contributed by atoms with van der Waals surface area (Å²) in [6.07, 6.45) is 4.65. The lowest BCUT2D eigenvalue weighted by Crippen LogP contribution is -2.42. The highest BCUT2D eigenvalue weighted by molar-refractivity contribution is 6.30. The number of hydrogen-bond donors (Lipinski definition) is 0. The van der Waals surface area contributed by atoms with Gasteiger partial charge in [-0.3, -0.25) is 4.79 Å². The number of aromatic nitrogens is 2. The van der Waals surface area contributed by atoms with Gasteiger partial charge >= 0.3 is 0 Å². The van der Waals surface area contributed by atoms with Gasteiger partial charge in [0.25, 0.3) is 0 Å². The first-order valence-corrected chi connectivity index (χ1v) is 15.9. The zero-order chi connectivity index (χ0) is 31.7. The van der Waals surface area contributed by atoms with Crippen molar-refractivity contribution in [3.05, 3.63) is 94.1 Å². The number of benzene rings is 3. The van der Waals surface area contributed by atoms with Gasteiger partial charge < -0.3 is 23.6 Å². The molecule has 2 unspecified atom stereocenters. The zero-order valence-electron chi connectivity index (χ0n) is 26.5. The average molecular weight is 630 g/mol. The molecule has 45 heavy (non-hydrogen) atoms. The van der Waals surface area contributed by atoms with E-state index < -0.39 is 11.5 Å². The Labute approximate surface area is 269 Å². The van der Waals surface area contributed by atoms with E-state index in [1.807, 2.05) is 72.5 Å².